The number of nitro groups is 2. The van der Waals surface area contributed by atoms with Gasteiger partial charge in [-0.05, 0) is 48.0 Å². The third-order valence-electron chi connectivity index (χ3n) is 4.62. The van der Waals surface area contributed by atoms with Crippen LogP contribution in [0.1, 0.15) is 5.56 Å². The minimum absolute atomic E-state index is 0.127. The van der Waals surface area contributed by atoms with Crippen molar-refractivity contribution in [2.45, 2.75) is 0 Å². The Hall–Kier alpha value is -3.61. The number of ether oxygens (including phenoxy) is 1. The van der Waals surface area contributed by atoms with Crippen LogP contribution in [0.15, 0.2) is 76.1 Å². The summed E-state index contributed by atoms with van der Waals surface area (Å²) >= 11 is 9.96. The predicted octanol–water partition coefficient (Wildman–Crippen LogP) is 6.46. The Balaban J connectivity index is 1.54. The zero-order chi connectivity index (χ0) is 24.4. The smallest absolute Gasteiger partial charge is 0.318 e. The second-order valence-corrected chi connectivity index (χ2v) is 9.43. The van der Waals surface area contributed by atoms with E-state index >= 15 is 0 Å². The molecule has 9 nitrogen and oxygen atoms in total. The zero-order valence-corrected chi connectivity index (χ0v) is 20.1. The van der Waals surface area contributed by atoms with Gasteiger partial charge in [-0.15, -0.1) is 0 Å². The van der Waals surface area contributed by atoms with Crippen molar-refractivity contribution in [1.82, 2.24) is 0 Å². The van der Waals surface area contributed by atoms with Crippen LogP contribution in [-0.2, 0) is 4.79 Å². The summed E-state index contributed by atoms with van der Waals surface area (Å²) in [4.78, 5) is 35.5. The van der Waals surface area contributed by atoms with E-state index in [1.807, 2.05) is 12.1 Å². The van der Waals surface area contributed by atoms with Gasteiger partial charge in [0, 0.05) is 10.5 Å². The molecule has 1 heterocycles. The van der Waals surface area contributed by atoms with Gasteiger partial charge in [0.05, 0.1) is 26.5 Å². The number of thiocarbonyl (C=S) groups is 1. The molecule has 0 unspecified atom stereocenters. The summed E-state index contributed by atoms with van der Waals surface area (Å²) in [5, 5.41) is 22.2. The first kappa shape index (κ1) is 23.5. The molecule has 1 aliphatic heterocycles. The number of halogens is 1. The van der Waals surface area contributed by atoms with Crippen molar-refractivity contribution in [3.8, 4) is 11.5 Å². The lowest BCUT2D eigenvalue weighted by atomic mass is 10.2. The largest absolute Gasteiger partial charge is 0.450 e. The Morgan fingerprint density at radius 2 is 1.74 bits per heavy atom. The number of nitro benzene ring substituents is 2. The van der Waals surface area contributed by atoms with Crippen LogP contribution < -0.4 is 9.64 Å². The molecule has 0 bridgehead atoms. The number of carbonyl (C=O) groups excluding carboxylic acids is 1. The molecule has 1 fully saturated rings. The standard InChI is InChI=1S/C22H12BrN3O6S2/c23-14-2-1-3-15(11-14)24-21(27)20(34-22(24)33)10-13-4-7-17(8-5-13)32-19-9-6-16(25(28)29)12-18(19)26(30)31/h1-12H/b20-10+. The molecule has 0 atom stereocenters. The number of hydrogen-bond acceptors (Lipinski definition) is 8. The number of carbonyl (C=O) groups is 1. The minimum atomic E-state index is -0.746. The van der Waals surface area contributed by atoms with Gasteiger partial charge in [-0.25, -0.2) is 0 Å². The first-order valence-corrected chi connectivity index (χ1v) is 11.5. The maximum Gasteiger partial charge on any atom is 0.318 e. The molecule has 0 aliphatic carbocycles. The summed E-state index contributed by atoms with van der Waals surface area (Å²) in [6, 6.07) is 16.9. The minimum Gasteiger partial charge on any atom is -0.450 e. The van der Waals surface area contributed by atoms with Crippen LogP contribution in [0.25, 0.3) is 6.08 Å². The fourth-order valence-electron chi connectivity index (χ4n) is 3.06. The highest BCUT2D eigenvalue weighted by Gasteiger charge is 2.33. The summed E-state index contributed by atoms with van der Waals surface area (Å²) in [7, 11) is 0. The first-order valence-electron chi connectivity index (χ1n) is 9.47. The van der Waals surface area contributed by atoms with E-state index in [4.69, 9.17) is 17.0 Å². The molecule has 0 N–H and O–H groups in total. The van der Waals surface area contributed by atoms with Gasteiger partial charge in [0.25, 0.3) is 11.6 Å². The molecule has 1 amide bonds. The van der Waals surface area contributed by atoms with Crippen LogP contribution in [0.2, 0.25) is 0 Å². The Labute approximate surface area is 210 Å². The van der Waals surface area contributed by atoms with E-state index in [1.165, 1.54) is 22.7 Å². The van der Waals surface area contributed by atoms with Gasteiger partial charge in [0.2, 0.25) is 5.75 Å². The predicted molar refractivity (Wildman–Crippen MR) is 136 cm³/mol. The van der Waals surface area contributed by atoms with Gasteiger partial charge in [-0.2, -0.15) is 0 Å². The van der Waals surface area contributed by atoms with Crippen molar-refractivity contribution in [3.05, 3.63) is 102 Å². The van der Waals surface area contributed by atoms with Gasteiger partial charge < -0.3 is 4.74 Å². The molecule has 0 spiro atoms. The van der Waals surface area contributed by atoms with Gasteiger partial charge in [-0.1, -0.05) is 58.1 Å². The van der Waals surface area contributed by atoms with Crippen molar-refractivity contribution >= 4 is 73.3 Å². The number of benzene rings is 3. The van der Waals surface area contributed by atoms with Gasteiger partial charge in [0.15, 0.2) is 4.32 Å². The number of anilines is 1. The highest BCUT2D eigenvalue weighted by molar-refractivity contribution is 9.10. The normalized spacial score (nSPS) is 14.5. The SMILES string of the molecule is O=C1/C(=C\c2ccc(Oc3ccc([N+](=O)[O-])cc3[N+](=O)[O-])cc2)SC(=S)N1c1cccc(Br)c1. The lowest BCUT2D eigenvalue weighted by Crippen LogP contribution is -2.27. The van der Waals surface area contributed by atoms with Gasteiger partial charge in [-0.3, -0.25) is 29.9 Å². The van der Waals surface area contributed by atoms with Crippen LogP contribution in [-0.4, -0.2) is 20.1 Å². The Kier molecular flexibility index (Phi) is 6.72. The van der Waals surface area contributed by atoms with E-state index < -0.39 is 21.2 Å². The maximum atomic E-state index is 12.9. The second kappa shape index (κ2) is 9.71. The van der Waals surface area contributed by atoms with Crippen LogP contribution in [0.4, 0.5) is 17.1 Å². The number of hydrogen-bond donors (Lipinski definition) is 0. The van der Waals surface area contributed by atoms with E-state index in [1.54, 1.807) is 42.5 Å². The maximum absolute atomic E-state index is 12.9. The summed E-state index contributed by atoms with van der Waals surface area (Å²) in [6.07, 6.45) is 1.69. The summed E-state index contributed by atoms with van der Waals surface area (Å²) in [5.74, 6) is -0.0797. The third kappa shape index (κ3) is 4.98. The quantitative estimate of drug-likeness (QED) is 0.146. The molecule has 34 heavy (non-hydrogen) atoms. The summed E-state index contributed by atoms with van der Waals surface area (Å²) in [5.41, 5.74) is 0.429. The molecule has 170 valence electrons. The summed E-state index contributed by atoms with van der Waals surface area (Å²) in [6.45, 7) is 0. The third-order valence-corrected chi connectivity index (χ3v) is 6.41. The molecule has 0 radical (unpaired) electrons. The molecule has 3 aromatic carbocycles. The molecular formula is C22H12BrN3O6S2. The van der Waals surface area contributed by atoms with E-state index in [2.05, 4.69) is 15.9 Å². The number of nitrogens with zero attached hydrogens (tertiary/aromatic N) is 3. The molecule has 3 aromatic rings. The lowest BCUT2D eigenvalue weighted by Gasteiger charge is -2.14. The van der Waals surface area contributed by atoms with Crippen molar-refractivity contribution in [2.24, 2.45) is 0 Å². The van der Waals surface area contributed by atoms with Gasteiger partial charge >= 0.3 is 5.69 Å². The summed E-state index contributed by atoms with van der Waals surface area (Å²) < 4.78 is 6.81. The highest BCUT2D eigenvalue weighted by Crippen LogP contribution is 2.37. The van der Waals surface area contributed by atoms with Crippen LogP contribution in [0.5, 0.6) is 11.5 Å². The zero-order valence-electron chi connectivity index (χ0n) is 16.9. The molecule has 0 saturated carbocycles. The fourth-order valence-corrected chi connectivity index (χ4v) is 4.75. The topological polar surface area (TPSA) is 116 Å². The van der Waals surface area contributed by atoms with Crippen LogP contribution >= 0.6 is 39.9 Å². The number of amides is 1. The van der Waals surface area contributed by atoms with Crippen molar-refractivity contribution in [3.63, 3.8) is 0 Å². The Morgan fingerprint density at radius 3 is 2.38 bits per heavy atom. The van der Waals surface area contributed by atoms with E-state index in [0.717, 1.165) is 16.6 Å². The number of rotatable bonds is 6. The van der Waals surface area contributed by atoms with Crippen LogP contribution in [0.3, 0.4) is 0 Å². The van der Waals surface area contributed by atoms with E-state index in [0.29, 0.717) is 20.5 Å². The van der Waals surface area contributed by atoms with E-state index in [-0.39, 0.29) is 17.4 Å². The average molecular weight is 558 g/mol. The van der Waals surface area contributed by atoms with Gasteiger partial charge in [0.1, 0.15) is 5.75 Å². The number of non-ortho nitro benzene ring substituents is 1. The molecule has 1 saturated heterocycles. The molecular weight excluding hydrogens is 546 g/mol. The Bertz CT molecular complexity index is 1380. The first-order chi connectivity index (χ1) is 16.2. The molecule has 4 rings (SSSR count). The molecule has 12 heteroatoms. The molecule has 1 aliphatic rings. The van der Waals surface area contributed by atoms with Crippen molar-refractivity contribution in [1.29, 1.82) is 0 Å². The second-order valence-electron chi connectivity index (χ2n) is 6.83. The monoisotopic (exact) mass is 557 g/mol. The fraction of sp³-hybridized carbons (Fsp3) is 0. The average Bonchev–Trinajstić information content (AvgIpc) is 3.07. The number of thioether (sulfide) groups is 1. The van der Waals surface area contributed by atoms with Crippen molar-refractivity contribution in [2.75, 3.05) is 4.90 Å². The highest BCUT2D eigenvalue weighted by atomic mass is 79.9. The molecule has 0 aromatic heterocycles. The Morgan fingerprint density at radius 1 is 1.00 bits per heavy atom. The van der Waals surface area contributed by atoms with E-state index in [9.17, 15) is 25.0 Å². The lowest BCUT2D eigenvalue weighted by molar-refractivity contribution is -0.394. The van der Waals surface area contributed by atoms with Crippen molar-refractivity contribution < 1.29 is 19.4 Å². The van der Waals surface area contributed by atoms with Crippen LogP contribution in [0, 0.1) is 20.2 Å².